The standard InChI is InChI=1S/C24H20N2O6/c1-29-20-4-2-5-21(13-20)31-16-23(27)32-19-9-7-17(8-10-19)12-18(14-25)24(28)26-15-22-6-3-11-30-22/h2-13H,15-16H2,1H3,(H,26,28)/b18-12+. The second-order valence-electron chi connectivity index (χ2n) is 6.44. The summed E-state index contributed by atoms with van der Waals surface area (Å²) in [5.41, 5.74) is 0.537. The van der Waals surface area contributed by atoms with Crippen molar-refractivity contribution in [2.24, 2.45) is 0 Å². The highest BCUT2D eigenvalue weighted by Gasteiger charge is 2.10. The van der Waals surface area contributed by atoms with Crippen molar-refractivity contribution in [2.45, 2.75) is 6.54 Å². The summed E-state index contributed by atoms with van der Waals surface area (Å²) in [4.78, 5) is 24.2. The third kappa shape index (κ3) is 6.50. The molecular weight excluding hydrogens is 412 g/mol. The zero-order valence-corrected chi connectivity index (χ0v) is 17.2. The fourth-order valence-corrected chi connectivity index (χ4v) is 2.62. The van der Waals surface area contributed by atoms with Crippen LogP contribution in [-0.4, -0.2) is 25.6 Å². The number of benzene rings is 2. The second kappa shape index (κ2) is 11.0. The van der Waals surface area contributed by atoms with Crippen LogP contribution in [-0.2, 0) is 16.1 Å². The topological polar surface area (TPSA) is 111 Å². The van der Waals surface area contributed by atoms with Crippen molar-refractivity contribution in [1.29, 1.82) is 5.26 Å². The molecule has 0 saturated carbocycles. The van der Waals surface area contributed by atoms with Crippen molar-refractivity contribution in [1.82, 2.24) is 5.32 Å². The molecule has 0 aliphatic heterocycles. The van der Waals surface area contributed by atoms with Crippen LogP contribution in [0.3, 0.4) is 0 Å². The zero-order chi connectivity index (χ0) is 22.8. The number of furan rings is 1. The van der Waals surface area contributed by atoms with Crippen molar-refractivity contribution in [3.8, 4) is 23.3 Å². The minimum absolute atomic E-state index is 0.0620. The average Bonchev–Trinajstić information content (AvgIpc) is 3.34. The summed E-state index contributed by atoms with van der Waals surface area (Å²) in [7, 11) is 1.54. The van der Waals surface area contributed by atoms with E-state index in [0.29, 0.717) is 28.6 Å². The lowest BCUT2D eigenvalue weighted by molar-refractivity contribution is -0.136. The van der Waals surface area contributed by atoms with Crippen LogP contribution in [0.5, 0.6) is 17.2 Å². The minimum atomic E-state index is -0.578. The van der Waals surface area contributed by atoms with E-state index in [0.717, 1.165) is 0 Å². The molecule has 1 amide bonds. The molecule has 3 rings (SSSR count). The molecule has 1 N–H and O–H groups in total. The highest BCUT2D eigenvalue weighted by Crippen LogP contribution is 2.19. The molecule has 3 aromatic rings. The predicted octanol–water partition coefficient (Wildman–Crippen LogP) is 3.50. The van der Waals surface area contributed by atoms with Crippen LogP contribution >= 0.6 is 0 Å². The largest absolute Gasteiger partial charge is 0.497 e. The Bertz CT molecular complexity index is 1130. The number of esters is 1. The number of rotatable bonds is 9. The number of nitriles is 1. The number of nitrogens with zero attached hydrogens (tertiary/aromatic N) is 1. The van der Waals surface area contributed by atoms with Gasteiger partial charge in [0.15, 0.2) is 6.61 Å². The average molecular weight is 432 g/mol. The van der Waals surface area contributed by atoms with E-state index in [1.807, 2.05) is 6.07 Å². The van der Waals surface area contributed by atoms with Crippen molar-refractivity contribution in [3.05, 3.63) is 83.8 Å². The van der Waals surface area contributed by atoms with Gasteiger partial charge in [-0.05, 0) is 48.0 Å². The van der Waals surface area contributed by atoms with Crippen molar-refractivity contribution >= 4 is 18.0 Å². The highest BCUT2D eigenvalue weighted by atomic mass is 16.6. The maximum Gasteiger partial charge on any atom is 0.349 e. The first-order chi connectivity index (χ1) is 15.6. The molecule has 0 atom stereocenters. The van der Waals surface area contributed by atoms with Crippen LogP contribution in [0, 0.1) is 11.3 Å². The molecule has 0 aliphatic rings. The zero-order valence-electron chi connectivity index (χ0n) is 17.2. The molecule has 0 unspecified atom stereocenters. The number of amides is 1. The Kier molecular flexibility index (Phi) is 7.65. The van der Waals surface area contributed by atoms with Crippen molar-refractivity contribution < 1.29 is 28.2 Å². The molecule has 1 aromatic heterocycles. The van der Waals surface area contributed by atoms with Crippen LogP contribution in [0.2, 0.25) is 0 Å². The summed E-state index contributed by atoms with van der Waals surface area (Å²) in [5, 5.41) is 11.9. The molecule has 0 bridgehead atoms. The molecule has 0 aliphatic carbocycles. The number of carbonyl (C=O) groups is 2. The van der Waals surface area contributed by atoms with Gasteiger partial charge < -0.3 is 23.9 Å². The van der Waals surface area contributed by atoms with E-state index in [9.17, 15) is 14.9 Å². The normalized spacial score (nSPS) is 10.7. The fourth-order valence-electron chi connectivity index (χ4n) is 2.62. The summed E-state index contributed by atoms with van der Waals surface area (Å²) in [6, 6.07) is 18.6. The summed E-state index contributed by atoms with van der Waals surface area (Å²) < 4.78 is 20.9. The maximum atomic E-state index is 12.2. The first kappa shape index (κ1) is 22.2. The van der Waals surface area contributed by atoms with Crippen LogP contribution in [0.25, 0.3) is 6.08 Å². The number of ether oxygens (including phenoxy) is 3. The maximum absolute atomic E-state index is 12.2. The van der Waals surface area contributed by atoms with E-state index < -0.39 is 11.9 Å². The molecule has 0 saturated heterocycles. The lowest BCUT2D eigenvalue weighted by Crippen LogP contribution is -2.23. The molecule has 0 spiro atoms. The van der Waals surface area contributed by atoms with Gasteiger partial charge in [0, 0.05) is 6.07 Å². The minimum Gasteiger partial charge on any atom is -0.497 e. The first-order valence-electron chi connectivity index (χ1n) is 9.57. The van der Waals surface area contributed by atoms with Crippen LogP contribution in [0.1, 0.15) is 11.3 Å². The van der Waals surface area contributed by atoms with Gasteiger partial charge in [0.05, 0.1) is 19.9 Å². The van der Waals surface area contributed by atoms with Gasteiger partial charge in [-0.3, -0.25) is 4.79 Å². The molecule has 2 aromatic carbocycles. The molecular formula is C24H20N2O6. The van der Waals surface area contributed by atoms with Gasteiger partial charge in [-0.25, -0.2) is 4.79 Å². The van der Waals surface area contributed by atoms with E-state index in [4.69, 9.17) is 18.6 Å². The van der Waals surface area contributed by atoms with E-state index >= 15 is 0 Å². The van der Waals surface area contributed by atoms with E-state index in [1.54, 1.807) is 67.8 Å². The second-order valence-corrected chi connectivity index (χ2v) is 6.44. The summed E-state index contributed by atoms with van der Waals surface area (Å²) in [6.07, 6.45) is 2.94. The molecule has 8 heteroatoms. The van der Waals surface area contributed by atoms with E-state index in [-0.39, 0.29) is 18.7 Å². The Morgan fingerprint density at radius 3 is 2.53 bits per heavy atom. The third-order valence-corrected chi connectivity index (χ3v) is 4.19. The number of hydrogen-bond acceptors (Lipinski definition) is 7. The number of carbonyl (C=O) groups excluding carboxylic acids is 2. The smallest absolute Gasteiger partial charge is 0.349 e. The summed E-state index contributed by atoms with van der Waals surface area (Å²) >= 11 is 0. The van der Waals surface area contributed by atoms with Crippen molar-refractivity contribution in [3.63, 3.8) is 0 Å². The monoisotopic (exact) mass is 432 g/mol. The summed E-state index contributed by atoms with van der Waals surface area (Å²) in [6.45, 7) is -0.0964. The Morgan fingerprint density at radius 1 is 1.06 bits per heavy atom. The van der Waals surface area contributed by atoms with Crippen molar-refractivity contribution in [2.75, 3.05) is 13.7 Å². The Balaban J connectivity index is 1.53. The predicted molar refractivity (Wildman–Crippen MR) is 115 cm³/mol. The van der Waals surface area contributed by atoms with Gasteiger partial charge in [0.25, 0.3) is 5.91 Å². The van der Waals surface area contributed by atoms with Crippen LogP contribution in [0.15, 0.2) is 76.9 Å². The Labute approximate surface area is 184 Å². The molecule has 0 radical (unpaired) electrons. The van der Waals surface area contributed by atoms with Gasteiger partial charge in [-0.1, -0.05) is 18.2 Å². The lowest BCUT2D eigenvalue weighted by atomic mass is 10.1. The molecule has 8 nitrogen and oxygen atoms in total. The van der Waals surface area contributed by atoms with Gasteiger partial charge in [0.1, 0.15) is 34.7 Å². The number of methoxy groups -OCH3 is 1. The molecule has 32 heavy (non-hydrogen) atoms. The highest BCUT2D eigenvalue weighted by molar-refractivity contribution is 6.01. The van der Waals surface area contributed by atoms with Gasteiger partial charge in [-0.2, -0.15) is 5.26 Å². The van der Waals surface area contributed by atoms with Gasteiger partial charge in [-0.15, -0.1) is 0 Å². The Hall–Kier alpha value is -4.51. The number of nitrogens with one attached hydrogen (secondary N) is 1. The molecule has 162 valence electrons. The molecule has 1 heterocycles. The SMILES string of the molecule is COc1cccc(OCC(=O)Oc2ccc(/C=C(\C#N)C(=O)NCc3ccco3)cc2)c1. The first-order valence-corrected chi connectivity index (χ1v) is 9.57. The van der Waals surface area contributed by atoms with Gasteiger partial charge in [0.2, 0.25) is 0 Å². The fraction of sp³-hybridized carbons (Fsp3) is 0.125. The van der Waals surface area contributed by atoms with Gasteiger partial charge >= 0.3 is 5.97 Å². The summed E-state index contributed by atoms with van der Waals surface area (Å²) in [5.74, 6) is 0.890. The third-order valence-electron chi connectivity index (χ3n) is 4.19. The van der Waals surface area contributed by atoms with E-state index in [2.05, 4.69) is 5.32 Å². The van der Waals surface area contributed by atoms with E-state index in [1.165, 1.54) is 12.3 Å². The number of hydrogen-bond donors (Lipinski definition) is 1. The Morgan fingerprint density at radius 2 is 1.84 bits per heavy atom. The quantitative estimate of drug-likeness (QED) is 0.238. The van der Waals surface area contributed by atoms with Crippen LogP contribution in [0.4, 0.5) is 0 Å². The molecule has 0 fully saturated rings. The van der Waals surface area contributed by atoms with Crippen LogP contribution < -0.4 is 19.5 Å². The lowest BCUT2D eigenvalue weighted by Gasteiger charge is -2.08.